The van der Waals surface area contributed by atoms with Crippen molar-refractivity contribution in [1.29, 1.82) is 0 Å². The van der Waals surface area contributed by atoms with Gasteiger partial charge in [0.15, 0.2) is 11.5 Å². The fourth-order valence-corrected chi connectivity index (χ4v) is 2.73. The van der Waals surface area contributed by atoms with Crippen LogP contribution in [0.5, 0.6) is 11.5 Å². The Morgan fingerprint density at radius 3 is 2.39 bits per heavy atom. The zero-order chi connectivity index (χ0) is 13.1. The summed E-state index contributed by atoms with van der Waals surface area (Å²) in [6.07, 6.45) is 1.23. The second-order valence-electron chi connectivity index (χ2n) is 4.85. The summed E-state index contributed by atoms with van der Waals surface area (Å²) < 4.78 is 11.2. The Morgan fingerprint density at radius 1 is 1.22 bits per heavy atom. The van der Waals surface area contributed by atoms with Gasteiger partial charge in [0.1, 0.15) is 0 Å². The maximum absolute atomic E-state index is 6.50. The minimum absolute atomic E-state index is 0.0925. The molecule has 0 saturated heterocycles. The number of ether oxygens (including phenoxy) is 2. The Hall–Kier alpha value is -0.890. The van der Waals surface area contributed by atoms with E-state index in [1.165, 1.54) is 6.42 Å². The molecule has 0 aromatic heterocycles. The molecule has 3 atom stereocenters. The first kappa shape index (κ1) is 13.5. The number of rotatable bonds is 6. The number of alkyl halides is 1. The largest absolute Gasteiger partial charge is 0.490 e. The zero-order valence-corrected chi connectivity index (χ0v) is 12.0. The van der Waals surface area contributed by atoms with Crippen LogP contribution in [0.15, 0.2) is 18.2 Å². The Bertz CT molecular complexity index is 405. The third kappa shape index (κ3) is 2.92. The molecule has 1 fully saturated rings. The number of hydrogen-bond acceptors (Lipinski definition) is 2. The molecule has 1 aliphatic rings. The molecule has 3 heteroatoms. The molecule has 0 spiro atoms. The highest BCUT2D eigenvalue weighted by Crippen LogP contribution is 2.51. The molecule has 0 amide bonds. The fourth-order valence-electron chi connectivity index (χ4n) is 2.25. The van der Waals surface area contributed by atoms with Gasteiger partial charge in [0.05, 0.1) is 18.6 Å². The van der Waals surface area contributed by atoms with Gasteiger partial charge in [0.25, 0.3) is 0 Å². The van der Waals surface area contributed by atoms with E-state index in [-0.39, 0.29) is 5.38 Å². The summed E-state index contributed by atoms with van der Waals surface area (Å²) >= 11 is 6.50. The van der Waals surface area contributed by atoms with E-state index < -0.39 is 0 Å². The minimum Gasteiger partial charge on any atom is -0.490 e. The van der Waals surface area contributed by atoms with Gasteiger partial charge in [-0.25, -0.2) is 0 Å². The summed E-state index contributed by atoms with van der Waals surface area (Å²) in [6.45, 7) is 7.47. The third-order valence-corrected chi connectivity index (χ3v) is 4.01. The van der Waals surface area contributed by atoms with Gasteiger partial charge in [-0.1, -0.05) is 13.0 Å². The van der Waals surface area contributed by atoms with Crippen LogP contribution in [0.1, 0.15) is 38.1 Å². The van der Waals surface area contributed by atoms with Gasteiger partial charge in [-0.05, 0) is 49.8 Å². The van der Waals surface area contributed by atoms with Gasteiger partial charge in [0.2, 0.25) is 0 Å². The van der Waals surface area contributed by atoms with Gasteiger partial charge in [0, 0.05) is 0 Å². The average molecular weight is 269 g/mol. The number of benzene rings is 1. The van der Waals surface area contributed by atoms with Gasteiger partial charge >= 0.3 is 0 Å². The van der Waals surface area contributed by atoms with Gasteiger partial charge < -0.3 is 9.47 Å². The van der Waals surface area contributed by atoms with Crippen LogP contribution < -0.4 is 9.47 Å². The van der Waals surface area contributed by atoms with Gasteiger partial charge in [-0.2, -0.15) is 0 Å². The Kier molecular flexibility index (Phi) is 4.39. The smallest absolute Gasteiger partial charge is 0.161 e. The van der Waals surface area contributed by atoms with Crippen LogP contribution in [-0.4, -0.2) is 13.2 Å². The SMILES string of the molecule is CCOc1ccc(C(Cl)C2CC2C)cc1OCC. The van der Waals surface area contributed by atoms with E-state index >= 15 is 0 Å². The molecular formula is C15H21ClO2. The van der Waals surface area contributed by atoms with Crippen molar-refractivity contribution in [2.45, 2.75) is 32.6 Å². The maximum Gasteiger partial charge on any atom is 0.161 e. The molecule has 3 unspecified atom stereocenters. The van der Waals surface area contributed by atoms with E-state index in [1.807, 2.05) is 26.0 Å². The highest BCUT2D eigenvalue weighted by Gasteiger charge is 2.39. The van der Waals surface area contributed by atoms with Crippen molar-refractivity contribution in [2.75, 3.05) is 13.2 Å². The van der Waals surface area contributed by atoms with Crippen molar-refractivity contribution in [3.63, 3.8) is 0 Å². The standard InChI is InChI=1S/C15H21ClO2/c1-4-17-13-7-6-11(9-14(13)18-5-2)15(16)12-8-10(12)3/h6-7,9-10,12,15H,4-5,8H2,1-3H3. The third-order valence-electron chi connectivity index (χ3n) is 3.43. The molecule has 18 heavy (non-hydrogen) atoms. The fraction of sp³-hybridized carbons (Fsp3) is 0.600. The van der Waals surface area contributed by atoms with Crippen LogP contribution in [0.25, 0.3) is 0 Å². The molecule has 0 N–H and O–H groups in total. The lowest BCUT2D eigenvalue weighted by atomic mass is 10.1. The molecule has 2 rings (SSSR count). The molecule has 0 aliphatic heterocycles. The van der Waals surface area contributed by atoms with Crippen LogP contribution in [0.2, 0.25) is 0 Å². The van der Waals surface area contributed by atoms with Crippen LogP contribution in [0.4, 0.5) is 0 Å². The summed E-state index contributed by atoms with van der Waals surface area (Å²) in [5.74, 6) is 2.96. The topological polar surface area (TPSA) is 18.5 Å². The van der Waals surface area contributed by atoms with Crippen LogP contribution >= 0.6 is 11.6 Å². The highest BCUT2D eigenvalue weighted by atomic mass is 35.5. The maximum atomic E-state index is 6.50. The summed E-state index contributed by atoms with van der Waals surface area (Å²) in [5.41, 5.74) is 1.14. The normalized spacial score (nSPS) is 23.6. The zero-order valence-electron chi connectivity index (χ0n) is 11.3. The number of hydrogen-bond donors (Lipinski definition) is 0. The van der Waals surface area contributed by atoms with E-state index in [2.05, 4.69) is 13.0 Å². The first-order chi connectivity index (χ1) is 8.67. The second kappa shape index (κ2) is 5.83. The van der Waals surface area contributed by atoms with E-state index in [1.54, 1.807) is 0 Å². The molecule has 100 valence electrons. The van der Waals surface area contributed by atoms with Crippen molar-refractivity contribution in [3.8, 4) is 11.5 Å². The molecule has 0 radical (unpaired) electrons. The van der Waals surface area contributed by atoms with E-state index in [4.69, 9.17) is 21.1 Å². The molecule has 0 heterocycles. The van der Waals surface area contributed by atoms with E-state index in [9.17, 15) is 0 Å². The predicted molar refractivity (Wildman–Crippen MR) is 74.6 cm³/mol. The van der Waals surface area contributed by atoms with Crippen molar-refractivity contribution < 1.29 is 9.47 Å². The van der Waals surface area contributed by atoms with E-state index in [0.717, 1.165) is 23.0 Å². The molecule has 1 saturated carbocycles. The van der Waals surface area contributed by atoms with Gasteiger partial charge in [-0.3, -0.25) is 0 Å². The first-order valence-corrected chi connectivity index (χ1v) is 7.14. The van der Waals surface area contributed by atoms with Crippen LogP contribution in [0, 0.1) is 11.8 Å². The van der Waals surface area contributed by atoms with Crippen LogP contribution in [-0.2, 0) is 0 Å². The predicted octanol–water partition coefficient (Wildman–Crippen LogP) is 4.42. The molecular weight excluding hydrogens is 248 g/mol. The lowest BCUT2D eigenvalue weighted by Crippen LogP contribution is -2.01. The summed E-state index contributed by atoms with van der Waals surface area (Å²) in [5, 5.41) is 0.0925. The van der Waals surface area contributed by atoms with Crippen molar-refractivity contribution >= 4 is 11.6 Å². The Morgan fingerprint density at radius 2 is 1.83 bits per heavy atom. The lowest BCUT2D eigenvalue weighted by molar-refractivity contribution is 0.287. The second-order valence-corrected chi connectivity index (χ2v) is 5.32. The van der Waals surface area contributed by atoms with Crippen molar-refractivity contribution in [2.24, 2.45) is 11.8 Å². The highest BCUT2D eigenvalue weighted by molar-refractivity contribution is 6.21. The number of halogens is 1. The van der Waals surface area contributed by atoms with Crippen LogP contribution in [0.3, 0.4) is 0 Å². The molecule has 2 nitrogen and oxygen atoms in total. The van der Waals surface area contributed by atoms with Crippen molar-refractivity contribution in [1.82, 2.24) is 0 Å². The molecule has 1 aromatic rings. The van der Waals surface area contributed by atoms with E-state index in [0.29, 0.717) is 19.1 Å². The molecule has 0 bridgehead atoms. The van der Waals surface area contributed by atoms with Crippen molar-refractivity contribution in [3.05, 3.63) is 23.8 Å². The molecule has 1 aromatic carbocycles. The summed E-state index contributed by atoms with van der Waals surface area (Å²) in [4.78, 5) is 0. The van der Waals surface area contributed by atoms with Gasteiger partial charge in [-0.15, -0.1) is 11.6 Å². The first-order valence-electron chi connectivity index (χ1n) is 6.71. The monoisotopic (exact) mass is 268 g/mol. The lowest BCUT2D eigenvalue weighted by Gasteiger charge is -2.15. The Balaban J connectivity index is 2.19. The Labute approximate surface area is 114 Å². The summed E-state index contributed by atoms with van der Waals surface area (Å²) in [6, 6.07) is 6.04. The minimum atomic E-state index is 0.0925. The average Bonchev–Trinajstić information content (AvgIpc) is 3.08. The summed E-state index contributed by atoms with van der Waals surface area (Å²) in [7, 11) is 0. The quantitative estimate of drug-likeness (QED) is 0.711. The molecule has 1 aliphatic carbocycles.